The van der Waals surface area contributed by atoms with Crippen molar-refractivity contribution < 1.29 is 22.6 Å². The minimum Gasteiger partial charge on any atom is -0.497 e. The van der Waals surface area contributed by atoms with Crippen LogP contribution >= 0.6 is 0 Å². The van der Waals surface area contributed by atoms with E-state index in [0.717, 1.165) is 27.5 Å². The third kappa shape index (κ3) is 4.62. The van der Waals surface area contributed by atoms with Crippen molar-refractivity contribution in [3.05, 3.63) is 78.6 Å². The molecule has 1 aromatic heterocycles. The van der Waals surface area contributed by atoms with E-state index in [1.54, 1.807) is 38.7 Å². The second-order valence-electron chi connectivity index (χ2n) is 7.26. The molecule has 33 heavy (non-hydrogen) atoms. The number of ether oxygens (including phenoxy) is 3. The number of nitrogens with zero attached hydrogens (tertiary/aromatic N) is 1. The molecule has 0 bridgehead atoms. The van der Waals surface area contributed by atoms with Crippen LogP contribution in [-0.2, 0) is 16.6 Å². The first-order chi connectivity index (χ1) is 16.0. The van der Waals surface area contributed by atoms with Gasteiger partial charge < -0.3 is 14.2 Å². The number of fused-ring (bicyclic) bond motifs is 1. The Kier molecular flexibility index (Phi) is 6.48. The van der Waals surface area contributed by atoms with Gasteiger partial charge in [0.1, 0.15) is 5.75 Å². The van der Waals surface area contributed by atoms with Gasteiger partial charge in [0.2, 0.25) is 10.0 Å². The summed E-state index contributed by atoms with van der Waals surface area (Å²) in [6.45, 7) is 0.128. The van der Waals surface area contributed by atoms with Gasteiger partial charge in [-0.2, -0.15) is 0 Å². The normalized spacial score (nSPS) is 11.4. The highest BCUT2D eigenvalue weighted by atomic mass is 32.2. The third-order valence-electron chi connectivity index (χ3n) is 5.43. The molecule has 3 aromatic carbocycles. The standard InChI is InChI=1S/C25H24N2O5S/c1-30-19-6-8-20(9-7-19)33(28,29)27-15-18-4-10-21(22-12-13-26-16-23(18)22)17-5-11-24(31-2)25(14-17)32-3/h4-14,16,27H,15H2,1-3H3. The lowest BCUT2D eigenvalue weighted by Gasteiger charge is -2.14. The van der Waals surface area contributed by atoms with Crippen LogP contribution in [0.25, 0.3) is 21.9 Å². The van der Waals surface area contributed by atoms with Gasteiger partial charge in [0.05, 0.1) is 26.2 Å². The summed E-state index contributed by atoms with van der Waals surface area (Å²) >= 11 is 0. The maximum Gasteiger partial charge on any atom is 0.240 e. The Bertz CT molecular complexity index is 1390. The molecule has 0 saturated heterocycles. The Morgan fingerprint density at radius 2 is 1.58 bits per heavy atom. The fraction of sp³-hybridized carbons (Fsp3) is 0.160. The average Bonchev–Trinajstić information content (AvgIpc) is 2.86. The van der Waals surface area contributed by atoms with E-state index in [1.165, 1.54) is 19.2 Å². The summed E-state index contributed by atoms with van der Waals surface area (Å²) in [5, 5.41) is 1.82. The van der Waals surface area contributed by atoms with Gasteiger partial charge >= 0.3 is 0 Å². The minimum absolute atomic E-state index is 0.128. The van der Waals surface area contributed by atoms with Crippen molar-refractivity contribution in [3.63, 3.8) is 0 Å². The first kappa shape index (κ1) is 22.6. The zero-order chi connectivity index (χ0) is 23.4. The van der Waals surface area contributed by atoms with Gasteiger partial charge in [0, 0.05) is 24.3 Å². The molecule has 0 aliphatic heterocycles. The van der Waals surface area contributed by atoms with Crippen molar-refractivity contribution in [3.8, 4) is 28.4 Å². The van der Waals surface area contributed by atoms with Gasteiger partial charge in [-0.3, -0.25) is 4.98 Å². The number of sulfonamides is 1. The second-order valence-corrected chi connectivity index (χ2v) is 9.03. The quantitative estimate of drug-likeness (QED) is 0.416. The fourth-order valence-electron chi connectivity index (χ4n) is 3.67. The molecule has 0 unspecified atom stereocenters. The van der Waals surface area contributed by atoms with Gasteiger partial charge in [0.25, 0.3) is 0 Å². The highest BCUT2D eigenvalue weighted by Gasteiger charge is 2.16. The molecule has 0 saturated carbocycles. The highest BCUT2D eigenvalue weighted by molar-refractivity contribution is 7.89. The fourth-order valence-corrected chi connectivity index (χ4v) is 4.68. The predicted octanol–water partition coefficient (Wildman–Crippen LogP) is 4.41. The van der Waals surface area contributed by atoms with Crippen LogP contribution in [0.3, 0.4) is 0 Å². The molecular formula is C25H24N2O5S. The number of hydrogen-bond acceptors (Lipinski definition) is 6. The number of hydrogen-bond donors (Lipinski definition) is 1. The highest BCUT2D eigenvalue weighted by Crippen LogP contribution is 2.36. The number of benzene rings is 3. The molecule has 0 radical (unpaired) electrons. The molecule has 0 amide bonds. The lowest BCUT2D eigenvalue weighted by atomic mass is 9.96. The van der Waals surface area contributed by atoms with Crippen LogP contribution < -0.4 is 18.9 Å². The number of nitrogens with one attached hydrogen (secondary N) is 1. The predicted molar refractivity (Wildman–Crippen MR) is 127 cm³/mol. The molecular weight excluding hydrogens is 440 g/mol. The van der Waals surface area contributed by atoms with E-state index in [1.807, 2.05) is 36.4 Å². The molecule has 170 valence electrons. The van der Waals surface area contributed by atoms with Crippen LogP contribution in [0.5, 0.6) is 17.2 Å². The largest absolute Gasteiger partial charge is 0.497 e. The SMILES string of the molecule is COc1ccc(S(=O)(=O)NCc2ccc(-c3ccc(OC)c(OC)c3)c3ccncc23)cc1. The van der Waals surface area contributed by atoms with Crippen LogP contribution in [0.15, 0.2) is 78.0 Å². The summed E-state index contributed by atoms with van der Waals surface area (Å²) in [4.78, 5) is 4.43. The van der Waals surface area contributed by atoms with E-state index in [2.05, 4.69) is 9.71 Å². The van der Waals surface area contributed by atoms with E-state index in [9.17, 15) is 8.42 Å². The Balaban J connectivity index is 1.67. The van der Waals surface area contributed by atoms with Crippen LogP contribution in [0.4, 0.5) is 0 Å². The summed E-state index contributed by atoms with van der Waals surface area (Å²) in [6, 6.07) is 17.8. The molecule has 8 heteroatoms. The topological polar surface area (TPSA) is 86.8 Å². The molecule has 0 aliphatic carbocycles. The Hall–Kier alpha value is -3.62. The van der Waals surface area contributed by atoms with E-state index in [0.29, 0.717) is 17.2 Å². The number of aromatic nitrogens is 1. The average molecular weight is 465 g/mol. The first-order valence-corrected chi connectivity index (χ1v) is 11.7. The van der Waals surface area contributed by atoms with E-state index < -0.39 is 10.0 Å². The maximum atomic E-state index is 12.8. The summed E-state index contributed by atoms with van der Waals surface area (Å²) in [5.74, 6) is 1.88. The number of rotatable bonds is 8. The van der Waals surface area contributed by atoms with E-state index in [4.69, 9.17) is 14.2 Å². The summed E-state index contributed by atoms with van der Waals surface area (Å²) in [7, 11) is 1.04. The van der Waals surface area contributed by atoms with Crippen molar-refractivity contribution in [2.45, 2.75) is 11.4 Å². The van der Waals surface area contributed by atoms with Crippen LogP contribution in [-0.4, -0.2) is 34.7 Å². The van der Waals surface area contributed by atoms with Crippen molar-refractivity contribution in [2.24, 2.45) is 0 Å². The number of pyridine rings is 1. The number of methoxy groups -OCH3 is 3. The molecule has 7 nitrogen and oxygen atoms in total. The van der Waals surface area contributed by atoms with Crippen LogP contribution in [0, 0.1) is 0 Å². The van der Waals surface area contributed by atoms with Gasteiger partial charge in [-0.1, -0.05) is 18.2 Å². The summed E-state index contributed by atoms with van der Waals surface area (Å²) in [5.41, 5.74) is 2.75. The lowest BCUT2D eigenvalue weighted by Crippen LogP contribution is -2.23. The summed E-state index contributed by atoms with van der Waals surface area (Å²) < 4.78 is 44.1. The van der Waals surface area contributed by atoms with E-state index in [-0.39, 0.29) is 11.4 Å². The van der Waals surface area contributed by atoms with E-state index >= 15 is 0 Å². The summed E-state index contributed by atoms with van der Waals surface area (Å²) in [6.07, 6.45) is 3.47. The smallest absolute Gasteiger partial charge is 0.240 e. The minimum atomic E-state index is -3.69. The van der Waals surface area contributed by atoms with Crippen molar-refractivity contribution >= 4 is 20.8 Å². The van der Waals surface area contributed by atoms with Gasteiger partial charge in [-0.25, -0.2) is 13.1 Å². The van der Waals surface area contributed by atoms with Crippen molar-refractivity contribution in [1.29, 1.82) is 0 Å². The van der Waals surface area contributed by atoms with Gasteiger partial charge in [-0.15, -0.1) is 0 Å². The Morgan fingerprint density at radius 1 is 0.818 bits per heavy atom. The molecule has 4 rings (SSSR count). The van der Waals surface area contributed by atoms with Crippen molar-refractivity contribution in [2.75, 3.05) is 21.3 Å². The zero-order valence-corrected chi connectivity index (χ0v) is 19.3. The maximum absolute atomic E-state index is 12.8. The monoisotopic (exact) mass is 464 g/mol. The zero-order valence-electron chi connectivity index (χ0n) is 18.5. The third-order valence-corrected chi connectivity index (χ3v) is 6.84. The molecule has 0 aliphatic rings. The molecule has 0 fully saturated rings. The first-order valence-electron chi connectivity index (χ1n) is 10.2. The van der Waals surface area contributed by atoms with Gasteiger partial charge in [-0.05, 0) is 64.5 Å². The Labute approximate surface area is 193 Å². The molecule has 0 spiro atoms. The molecule has 4 aromatic rings. The lowest BCUT2D eigenvalue weighted by molar-refractivity contribution is 0.355. The molecule has 1 N–H and O–H groups in total. The van der Waals surface area contributed by atoms with Crippen LogP contribution in [0.1, 0.15) is 5.56 Å². The van der Waals surface area contributed by atoms with Gasteiger partial charge in [0.15, 0.2) is 11.5 Å². The molecule has 1 heterocycles. The Morgan fingerprint density at radius 3 is 2.27 bits per heavy atom. The molecule has 0 atom stereocenters. The van der Waals surface area contributed by atoms with Crippen molar-refractivity contribution in [1.82, 2.24) is 9.71 Å². The van der Waals surface area contributed by atoms with Crippen LogP contribution in [0.2, 0.25) is 0 Å². The second kappa shape index (κ2) is 9.48.